The van der Waals surface area contributed by atoms with Gasteiger partial charge >= 0.3 is 0 Å². The molecular formula is C12H25NO. The number of nitrogens with one attached hydrogen (secondary N) is 1. The van der Waals surface area contributed by atoms with Crippen molar-refractivity contribution < 1.29 is 5.11 Å². The molecule has 0 rings (SSSR count). The summed E-state index contributed by atoms with van der Waals surface area (Å²) >= 11 is 0. The number of hydrogen-bond acceptors (Lipinski definition) is 2. The molecule has 2 nitrogen and oxygen atoms in total. The molecule has 84 valence electrons. The van der Waals surface area contributed by atoms with Crippen LogP contribution < -0.4 is 5.32 Å². The molecule has 0 aromatic carbocycles. The smallest absolute Gasteiger partial charge is 0.0584 e. The quantitative estimate of drug-likeness (QED) is 0.588. The summed E-state index contributed by atoms with van der Waals surface area (Å²) in [5, 5.41) is 12.6. The molecule has 0 spiro atoms. The average molecular weight is 199 g/mol. The van der Waals surface area contributed by atoms with Gasteiger partial charge in [0, 0.05) is 12.1 Å². The Hall–Kier alpha value is -0.340. The Morgan fingerprint density at radius 1 is 1.36 bits per heavy atom. The predicted octanol–water partition coefficient (Wildman–Crippen LogP) is 2.34. The first kappa shape index (κ1) is 13.7. The number of rotatable bonds is 8. The Morgan fingerprint density at radius 3 is 2.43 bits per heavy atom. The highest BCUT2D eigenvalue weighted by Crippen LogP contribution is 2.06. The first-order valence-corrected chi connectivity index (χ1v) is 5.58. The van der Waals surface area contributed by atoms with Gasteiger partial charge in [-0.1, -0.05) is 19.9 Å². The maximum atomic E-state index is 9.17. The minimum Gasteiger partial charge on any atom is -0.395 e. The molecule has 0 aliphatic carbocycles. The van der Waals surface area contributed by atoms with Crippen LogP contribution in [0.1, 0.15) is 40.0 Å². The Kier molecular flexibility index (Phi) is 7.81. The zero-order valence-electron chi connectivity index (χ0n) is 9.79. The van der Waals surface area contributed by atoms with Crippen molar-refractivity contribution in [3.63, 3.8) is 0 Å². The summed E-state index contributed by atoms with van der Waals surface area (Å²) < 4.78 is 0. The van der Waals surface area contributed by atoms with Crippen LogP contribution in [0.15, 0.2) is 12.7 Å². The van der Waals surface area contributed by atoms with E-state index in [0.717, 1.165) is 19.3 Å². The molecule has 2 unspecified atom stereocenters. The van der Waals surface area contributed by atoms with E-state index < -0.39 is 0 Å². The minimum atomic E-state index is 0.233. The second kappa shape index (κ2) is 8.01. The van der Waals surface area contributed by atoms with Crippen LogP contribution >= 0.6 is 0 Å². The van der Waals surface area contributed by atoms with Crippen LogP contribution in [-0.2, 0) is 0 Å². The van der Waals surface area contributed by atoms with E-state index in [4.69, 9.17) is 5.11 Å². The van der Waals surface area contributed by atoms with Crippen molar-refractivity contribution in [3.8, 4) is 0 Å². The molecule has 2 atom stereocenters. The highest BCUT2D eigenvalue weighted by molar-refractivity contribution is 4.75. The molecule has 14 heavy (non-hydrogen) atoms. The molecule has 0 aliphatic heterocycles. The molecule has 0 fully saturated rings. The maximum Gasteiger partial charge on any atom is 0.0584 e. The Labute approximate surface area is 88.4 Å². The van der Waals surface area contributed by atoms with Gasteiger partial charge in [-0.2, -0.15) is 0 Å². The van der Waals surface area contributed by atoms with Crippen molar-refractivity contribution in [1.29, 1.82) is 0 Å². The summed E-state index contributed by atoms with van der Waals surface area (Å²) in [6, 6.07) is 0.707. The van der Waals surface area contributed by atoms with Crippen molar-refractivity contribution in [3.05, 3.63) is 12.7 Å². The Balaban J connectivity index is 3.73. The fourth-order valence-corrected chi connectivity index (χ4v) is 1.62. The monoisotopic (exact) mass is 199 g/mol. The van der Waals surface area contributed by atoms with Gasteiger partial charge in [-0.25, -0.2) is 0 Å². The fourth-order valence-electron chi connectivity index (χ4n) is 1.62. The zero-order valence-corrected chi connectivity index (χ0v) is 9.79. The van der Waals surface area contributed by atoms with Crippen LogP contribution in [0.4, 0.5) is 0 Å². The topological polar surface area (TPSA) is 32.3 Å². The predicted molar refractivity (Wildman–Crippen MR) is 62.4 cm³/mol. The van der Waals surface area contributed by atoms with E-state index in [1.165, 1.54) is 0 Å². The zero-order chi connectivity index (χ0) is 11.0. The van der Waals surface area contributed by atoms with Gasteiger partial charge in [0.25, 0.3) is 0 Å². The lowest BCUT2D eigenvalue weighted by Crippen LogP contribution is -2.39. The molecule has 0 aromatic rings. The van der Waals surface area contributed by atoms with Crippen LogP contribution in [-0.4, -0.2) is 23.8 Å². The average Bonchev–Trinajstić information content (AvgIpc) is 2.12. The van der Waals surface area contributed by atoms with Gasteiger partial charge in [0.2, 0.25) is 0 Å². The van der Waals surface area contributed by atoms with Gasteiger partial charge in [-0.05, 0) is 32.1 Å². The van der Waals surface area contributed by atoms with Crippen LogP contribution in [0, 0.1) is 5.92 Å². The largest absolute Gasteiger partial charge is 0.395 e. The van der Waals surface area contributed by atoms with Crippen molar-refractivity contribution in [1.82, 2.24) is 5.32 Å². The van der Waals surface area contributed by atoms with E-state index in [1.807, 2.05) is 6.08 Å². The molecule has 2 N–H and O–H groups in total. The van der Waals surface area contributed by atoms with Crippen molar-refractivity contribution >= 4 is 0 Å². The number of aliphatic hydroxyl groups excluding tert-OH is 1. The Morgan fingerprint density at radius 2 is 2.00 bits per heavy atom. The summed E-state index contributed by atoms with van der Waals surface area (Å²) in [6.45, 7) is 10.5. The third-order valence-electron chi connectivity index (χ3n) is 2.30. The summed E-state index contributed by atoms with van der Waals surface area (Å²) in [5.74, 6) is 0.631. The summed E-state index contributed by atoms with van der Waals surface area (Å²) in [4.78, 5) is 0. The lowest BCUT2D eigenvalue weighted by molar-refractivity contribution is 0.213. The van der Waals surface area contributed by atoms with Crippen LogP contribution in [0.2, 0.25) is 0 Å². The van der Waals surface area contributed by atoms with Crippen molar-refractivity contribution in [2.45, 2.75) is 52.1 Å². The molecule has 0 radical (unpaired) electrons. The molecule has 0 heterocycles. The molecule has 0 aromatic heterocycles. The van der Waals surface area contributed by atoms with E-state index in [-0.39, 0.29) is 12.6 Å². The number of allylic oxidation sites excluding steroid dienone is 1. The lowest BCUT2D eigenvalue weighted by atomic mass is 10.0. The van der Waals surface area contributed by atoms with Gasteiger partial charge in [0.05, 0.1) is 6.61 Å². The second-order valence-corrected chi connectivity index (χ2v) is 4.44. The van der Waals surface area contributed by atoms with E-state index in [1.54, 1.807) is 0 Å². The highest BCUT2D eigenvalue weighted by atomic mass is 16.3. The lowest BCUT2D eigenvalue weighted by Gasteiger charge is -2.22. The third-order valence-corrected chi connectivity index (χ3v) is 2.30. The van der Waals surface area contributed by atoms with Gasteiger partial charge in [-0.15, -0.1) is 6.58 Å². The highest BCUT2D eigenvalue weighted by Gasteiger charge is 2.11. The molecule has 0 saturated carbocycles. The SMILES string of the molecule is C=CCCC(C)NC(CO)CC(C)C. The first-order valence-electron chi connectivity index (χ1n) is 5.58. The van der Waals surface area contributed by atoms with Gasteiger partial charge in [0.15, 0.2) is 0 Å². The van der Waals surface area contributed by atoms with Crippen LogP contribution in [0.5, 0.6) is 0 Å². The van der Waals surface area contributed by atoms with Gasteiger partial charge < -0.3 is 10.4 Å². The van der Waals surface area contributed by atoms with E-state index in [9.17, 15) is 0 Å². The van der Waals surface area contributed by atoms with E-state index in [0.29, 0.717) is 12.0 Å². The second-order valence-electron chi connectivity index (χ2n) is 4.44. The summed E-state index contributed by atoms with van der Waals surface area (Å²) in [7, 11) is 0. The van der Waals surface area contributed by atoms with Crippen LogP contribution in [0.25, 0.3) is 0 Å². The maximum absolute atomic E-state index is 9.17. The number of hydrogen-bond donors (Lipinski definition) is 2. The molecule has 0 saturated heterocycles. The van der Waals surface area contributed by atoms with Gasteiger partial charge in [0.1, 0.15) is 0 Å². The standard InChI is InChI=1S/C12H25NO/c1-5-6-7-11(4)13-12(9-14)8-10(2)3/h5,10-14H,1,6-9H2,2-4H3. The molecule has 0 bridgehead atoms. The molecule has 2 heteroatoms. The van der Waals surface area contributed by atoms with E-state index >= 15 is 0 Å². The normalized spacial score (nSPS) is 15.5. The first-order chi connectivity index (χ1) is 6.60. The van der Waals surface area contributed by atoms with Crippen molar-refractivity contribution in [2.24, 2.45) is 5.92 Å². The number of aliphatic hydroxyl groups is 1. The molecule has 0 amide bonds. The van der Waals surface area contributed by atoms with Crippen molar-refractivity contribution in [2.75, 3.05) is 6.61 Å². The van der Waals surface area contributed by atoms with Gasteiger partial charge in [-0.3, -0.25) is 0 Å². The third kappa shape index (κ3) is 7.10. The van der Waals surface area contributed by atoms with Crippen LogP contribution in [0.3, 0.4) is 0 Å². The summed E-state index contributed by atoms with van der Waals surface area (Å²) in [5.41, 5.74) is 0. The minimum absolute atomic E-state index is 0.233. The Bertz CT molecular complexity index is 145. The summed E-state index contributed by atoms with van der Waals surface area (Å²) in [6.07, 6.45) is 5.11. The molecule has 0 aliphatic rings. The molecular weight excluding hydrogens is 174 g/mol. The fraction of sp³-hybridized carbons (Fsp3) is 0.833. The van der Waals surface area contributed by atoms with E-state index in [2.05, 4.69) is 32.7 Å².